The Labute approximate surface area is 253 Å². The molecule has 0 radical (unpaired) electrons. The van der Waals surface area contributed by atoms with Crippen molar-refractivity contribution in [1.29, 1.82) is 0 Å². The van der Waals surface area contributed by atoms with E-state index in [1.165, 1.54) is 37.5 Å². The second-order valence-corrected chi connectivity index (χ2v) is 10.00. The van der Waals surface area contributed by atoms with Crippen LogP contribution in [0.1, 0.15) is 5.56 Å². The van der Waals surface area contributed by atoms with Crippen molar-refractivity contribution >= 4 is 23.0 Å². The third-order valence-corrected chi connectivity index (χ3v) is 6.98. The van der Waals surface area contributed by atoms with Crippen LogP contribution in [0.5, 0.6) is 34.5 Å². The zero-order valence-electron chi connectivity index (χ0n) is 23.4. The van der Waals surface area contributed by atoms with Gasteiger partial charge >= 0.3 is 5.97 Å². The third kappa shape index (κ3) is 6.49. The lowest BCUT2D eigenvalue weighted by Gasteiger charge is -2.40. The van der Waals surface area contributed by atoms with Gasteiger partial charge in [0.25, 0.3) is 0 Å². The van der Waals surface area contributed by atoms with Gasteiger partial charge in [0.1, 0.15) is 53.5 Å². The van der Waals surface area contributed by atoms with Gasteiger partial charge in [-0.1, -0.05) is 12.1 Å². The van der Waals surface area contributed by atoms with Crippen molar-refractivity contribution in [3.05, 3.63) is 76.5 Å². The van der Waals surface area contributed by atoms with E-state index in [9.17, 15) is 45.3 Å². The number of ether oxygens (including phenoxy) is 4. The van der Waals surface area contributed by atoms with Crippen LogP contribution in [0, 0.1) is 0 Å². The molecule has 236 valence electrons. The zero-order chi connectivity index (χ0) is 32.4. The molecule has 0 aliphatic carbocycles. The van der Waals surface area contributed by atoms with E-state index in [0.29, 0.717) is 5.56 Å². The molecule has 0 saturated carbocycles. The fourth-order valence-electron chi connectivity index (χ4n) is 4.60. The molecule has 1 aliphatic heterocycles. The van der Waals surface area contributed by atoms with Gasteiger partial charge in [-0.05, 0) is 42.0 Å². The minimum Gasteiger partial charge on any atom is -0.508 e. The van der Waals surface area contributed by atoms with Crippen molar-refractivity contribution in [3.8, 4) is 45.8 Å². The molecule has 45 heavy (non-hydrogen) atoms. The van der Waals surface area contributed by atoms with Crippen LogP contribution in [0.2, 0.25) is 0 Å². The molecule has 5 rings (SSSR count). The van der Waals surface area contributed by atoms with Crippen LogP contribution >= 0.6 is 0 Å². The highest BCUT2D eigenvalue weighted by atomic mass is 16.7. The lowest BCUT2D eigenvalue weighted by molar-refractivity contribution is -0.278. The summed E-state index contributed by atoms with van der Waals surface area (Å²) in [5, 5.41) is 71.0. The molecular weight excluding hydrogens is 596 g/mol. The molecule has 0 unspecified atom stereocenters. The van der Waals surface area contributed by atoms with Crippen LogP contribution in [0.25, 0.3) is 28.4 Å². The fraction of sp³-hybridized carbons (Fsp3) is 0.226. The number of hydrogen-bond donors (Lipinski definition) is 7. The number of carbonyl (C=O) groups is 1. The van der Waals surface area contributed by atoms with Crippen molar-refractivity contribution in [1.82, 2.24) is 0 Å². The van der Waals surface area contributed by atoms with Gasteiger partial charge < -0.3 is 59.1 Å². The Bertz CT molecular complexity index is 1800. The number of phenols is 4. The molecular formula is C31H28O14. The lowest BCUT2D eigenvalue weighted by atomic mass is 9.99. The van der Waals surface area contributed by atoms with Gasteiger partial charge in [-0.2, -0.15) is 0 Å². The summed E-state index contributed by atoms with van der Waals surface area (Å²) >= 11 is 0. The average molecular weight is 625 g/mol. The first kappa shape index (κ1) is 31.2. The molecule has 0 bridgehead atoms. The summed E-state index contributed by atoms with van der Waals surface area (Å²) in [5.74, 6) is -2.96. The average Bonchev–Trinajstić information content (AvgIpc) is 3.01. The van der Waals surface area contributed by atoms with Gasteiger partial charge in [0.05, 0.1) is 7.11 Å². The standard InChI is InChI=1S/C31H28O14/c1-41-30-22(12-21-25(27(30)38)19(35)11-20(43-21)15-5-8-17(33)18(34)10-15)44-31-29(40)28(39)26(37)23(45-31)13-42-24(36)9-4-14-2-6-16(32)7-3-14/h2-12,23,26,28-29,31-34,37-40H,13H2,1H3/b9-4+/t23-,26-,28+,29-,31-/m1/s1. The minimum atomic E-state index is -1.83. The highest BCUT2D eigenvalue weighted by molar-refractivity contribution is 5.90. The van der Waals surface area contributed by atoms with Crippen molar-refractivity contribution in [2.24, 2.45) is 0 Å². The number of hydrogen-bond acceptors (Lipinski definition) is 14. The molecule has 1 aromatic heterocycles. The number of aliphatic hydroxyl groups excluding tert-OH is 3. The maximum atomic E-state index is 12.9. The Hall–Kier alpha value is -5.28. The number of benzene rings is 3. The number of fused-ring (bicyclic) bond motifs is 1. The number of methoxy groups -OCH3 is 1. The van der Waals surface area contributed by atoms with E-state index in [0.717, 1.165) is 24.3 Å². The van der Waals surface area contributed by atoms with Crippen LogP contribution < -0.4 is 14.9 Å². The first-order valence-corrected chi connectivity index (χ1v) is 13.4. The van der Waals surface area contributed by atoms with E-state index in [2.05, 4.69) is 0 Å². The summed E-state index contributed by atoms with van der Waals surface area (Å²) in [4.78, 5) is 25.2. The Kier molecular flexibility index (Phi) is 8.83. The fourth-order valence-corrected chi connectivity index (χ4v) is 4.60. The maximum Gasteiger partial charge on any atom is 0.330 e. The molecule has 5 atom stereocenters. The first-order valence-electron chi connectivity index (χ1n) is 13.4. The number of aromatic hydroxyl groups is 4. The number of rotatable bonds is 8. The van der Waals surface area contributed by atoms with E-state index in [4.69, 9.17) is 23.4 Å². The van der Waals surface area contributed by atoms with Crippen LogP contribution in [-0.2, 0) is 14.3 Å². The normalized spacial score (nSPS) is 21.6. The second kappa shape index (κ2) is 12.8. The highest BCUT2D eigenvalue weighted by Crippen LogP contribution is 2.43. The molecule has 7 N–H and O–H groups in total. The van der Waals surface area contributed by atoms with Gasteiger partial charge in [0.15, 0.2) is 28.4 Å². The molecule has 2 heterocycles. The number of aliphatic hydroxyl groups is 3. The van der Waals surface area contributed by atoms with Crippen molar-refractivity contribution in [2.45, 2.75) is 30.7 Å². The highest BCUT2D eigenvalue weighted by Gasteiger charge is 2.46. The third-order valence-electron chi connectivity index (χ3n) is 6.98. The predicted octanol–water partition coefficient (Wildman–Crippen LogP) is 1.73. The Morgan fingerprint density at radius 3 is 2.33 bits per heavy atom. The summed E-state index contributed by atoms with van der Waals surface area (Å²) < 4.78 is 27.5. The summed E-state index contributed by atoms with van der Waals surface area (Å²) in [6.07, 6.45) is -5.88. The van der Waals surface area contributed by atoms with Crippen LogP contribution in [0.4, 0.5) is 0 Å². The molecule has 3 aromatic carbocycles. The van der Waals surface area contributed by atoms with E-state index in [1.54, 1.807) is 12.1 Å². The smallest absolute Gasteiger partial charge is 0.330 e. The number of carbonyl (C=O) groups excluding carboxylic acids is 1. The molecule has 0 amide bonds. The molecule has 1 aliphatic rings. The van der Waals surface area contributed by atoms with E-state index >= 15 is 0 Å². The second-order valence-electron chi connectivity index (χ2n) is 10.00. The van der Waals surface area contributed by atoms with E-state index < -0.39 is 66.0 Å². The Morgan fingerprint density at radius 1 is 0.911 bits per heavy atom. The van der Waals surface area contributed by atoms with Crippen molar-refractivity contribution in [2.75, 3.05) is 13.7 Å². The van der Waals surface area contributed by atoms with Gasteiger partial charge in [-0.25, -0.2) is 4.79 Å². The molecule has 1 saturated heterocycles. The lowest BCUT2D eigenvalue weighted by Crippen LogP contribution is -2.60. The Morgan fingerprint density at radius 2 is 1.64 bits per heavy atom. The van der Waals surface area contributed by atoms with Gasteiger partial charge in [-0.15, -0.1) is 0 Å². The zero-order valence-corrected chi connectivity index (χ0v) is 23.4. The molecule has 1 fully saturated rings. The molecule has 14 nitrogen and oxygen atoms in total. The largest absolute Gasteiger partial charge is 0.508 e. The summed E-state index contributed by atoms with van der Waals surface area (Å²) in [5.41, 5.74) is -0.0619. The molecule has 14 heteroatoms. The predicted molar refractivity (Wildman–Crippen MR) is 155 cm³/mol. The monoisotopic (exact) mass is 624 g/mol. The van der Waals surface area contributed by atoms with Crippen LogP contribution in [0.15, 0.2) is 69.9 Å². The summed E-state index contributed by atoms with van der Waals surface area (Å²) in [7, 11) is 1.17. The van der Waals surface area contributed by atoms with Gasteiger partial charge in [-0.3, -0.25) is 4.79 Å². The Balaban J connectivity index is 1.38. The van der Waals surface area contributed by atoms with Crippen LogP contribution in [-0.4, -0.2) is 86.1 Å². The first-order chi connectivity index (χ1) is 21.5. The van der Waals surface area contributed by atoms with Crippen molar-refractivity contribution in [3.63, 3.8) is 0 Å². The summed E-state index contributed by atoms with van der Waals surface area (Å²) in [6, 6.07) is 12.0. The van der Waals surface area contributed by atoms with Gasteiger partial charge in [0, 0.05) is 23.8 Å². The topological polar surface area (TPSA) is 226 Å². The summed E-state index contributed by atoms with van der Waals surface area (Å²) in [6.45, 7) is -0.554. The maximum absolute atomic E-state index is 12.9. The number of phenolic OH excluding ortho intramolecular Hbond substituents is 4. The molecule has 4 aromatic rings. The SMILES string of the molecule is COc1c(O[C@@H]2O[C@H](COC(=O)/C=C/c3ccc(O)cc3)[C@@H](O)[C@H](O)[C@H]2O)cc2oc(-c3ccc(O)c(O)c3)cc(=O)c2c1O. The minimum absolute atomic E-state index is 0.0350. The van der Waals surface area contributed by atoms with E-state index in [1.807, 2.05) is 0 Å². The van der Waals surface area contributed by atoms with Gasteiger partial charge in [0.2, 0.25) is 12.0 Å². The molecule has 0 spiro atoms. The number of esters is 1. The van der Waals surface area contributed by atoms with Crippen molar-refractivity contribution < 1.29 is 63.9 Å². The quantitative estimate of drug-likeness (QED) is 0.0842. The van der Waals surface area contributed by atoms with Crippen LogP contribution in [0.3, 0.4) is 0 Å². The van der Waals surface area contributed by atoms with E-state index in [-0.39, 0.29) is 39.5 Å².